The number of hydrogen-bond donors (Lipinski definition) is 3. The van der Waals surface area contributed by atoms with Gasteiger partial charge >= 0.3 is 12.2 Å². The molecule has 2 aliphatic carbocycles. The Morgan fingerprint density at radius 2 is 0.907 bits per heavy atom. The number of rotatable bonds is 6. The van der Waals surface area contributed by atoms with Crippen LogP contribution in [0.3, 0.4) is 0 Å². The molecule has 0 heterocycles. The Kier molecular flexibility index (Phi) is 6.75. The first-order valence-corrected chi connectivity index (χ1v) is 14.1. The average molecular weight is 569 g/mol. The van der Waals surface area contributed by atoms with Crippen molar-refractivity contribution in [3.63, 3.8) is 0 Å². The summed E-state index contributed by atoms with van der Waals surface area (Å²) in [5.41, 5.74) is 9.43. The van der Waals surface area contributed by atoms with Crippen LogP contribution in [-0.2, 0) is 9.47 Å². The highest BCUT2D eigenvalue weighted by atomic mass is 16.6. The van der Waals surface area contributed by atoms with Gasteiger partial charge in [-0.2, -0.15) is 0 Å². The van der Waals surface area contributed by atoms with E-state index in [1.54, 1.807) is 0 Å². The minimum Gasteiger partial charge on any atom is -0.508 e. The van der Waals surface area contributed by atoms with Crippen LogP contribution in [0.5, 0.6) is 5.75 Å². The smallest absolute Gasteiger partial charge is 0.411 e. The molecule has 0 aliphatic heterocycles. The molecule has 0 radical (unpaired) electrons. The predicted octanol–water partition coefficient (Wildman–Crippen LogP) is 8.11. The van der Waals surface area contributed by atoms with Crippen LogP contribution in [0.4, 0.5) is 21.0 Å². The van der Waals surface area contributed by atoms with Gasteiger partial charge in [0, 0.05) is 17.9 Å². The van der Waals surface area contributed by atoms with E-state index in [9.17, 15) is 14.7 Å². The fourth-order valence-corrected chi connectivity index (χ4v) is 6.23. The monoisotopic (exact) mass is 568 g/mol. The zero-order chi connectivity index (χ0) is 29.3. The molecule has 0 saturated carbocycles. The third-order valence-corrected chi connectivity index (χ3v) is 8.16. The summed E-state index contributed by atoms with van der Waals surface area (Å²) in [5.74, 6) is -0.260. The van der Waals surface area contributed by atoms with Crippen LogP contribution in [0.1, 0.15) is 34.1 Å². The second-order valence-electron chi connectivity index (χ2n) is 10.6. The number of carbonyl (C=O) groups is 2. The Bertz CT molecular complexity index is 1780. The van der Waals surface area contributed by atoms with Crippen molar-refractivity contribution in [3.05, 3.63) is 138 Å². The van der Waals surface area contributed by atoms with Gasteiger partial charge in [-0.25, -0.2) is 9.59 Å². The van der Waals surface area contributed by atoms with E-state index in [0.29, 0.717) is 0 Å². The minimum atomic E-state index is -0.706. The van der Waals surface area contributed by atoms with E-state index in [1.165, 1.54) is 18.2 Å². The van der Waals surface area contributed by atoms with Crippen LogP contribution in [0.2, 0.25) is 0 Å². The van der Waals surface area contributed by atoms with E-state index in [-0.39, 0.29) is 42.2 Å². The number of carbonyl (C=O) groups excluding carboxylic acids is 2. The second kappa shape index (κ2) is 11.0. The quantitative estimate of drug-likeness (QED) is 0.180. The molecule has 43 heavy (non-hydrogen) atoms. The zero-order valence-corrected chi connectivity index (χ0v) is 23.1. The van der Waals surface area contributed by atoms with Gasteiger partial charge in [0.15, 0.2) is 0 Å². The van der Waals surface area contributed by atoms with E-state index in [2.05, 4.69) is 47.0 Å². The topological polar surface area (TPSA) is 96.9 Å². The molecular formula is C36H28N2O5. The number of amides is 2. The molecule has 0 spiro atoms. The Morgan fingerprint density at radius 1 is 0.535 bits per heavy atom. The highest BCUT2D eigenvalue weighted by molar-refractivity contribution is 5.95. The lowest BCUT2D eigenvalue weighted by Gasteiger charge is -2.17. The van der Waals surface area contributed by atoms with E-state index < -0.39 is 12.2 Å². The van der Waals surface area contributed by atoms with Crippen LogP contribution < -0.4 is 10.6 Å². The number of phenolic OH excluding ortho intramolecular Hbond substituents is 1. The standard InChI is InChI=1S/C36H28N2O5/c39-22-17-18-33(37-35(40)42-20-31-27-13-5-1-9-23(27)24-10-2-6-14-28(24)31)34(19-22)38-36(41)43-21-32-29-15-7-3-11-25(29)26-12-4-8-16-30(26)32/h1-19,31-32,39H,20-21H2,(H,37,40)(H,38,41). The maximum atomic E-state index is 12.9. The summed E-state index contributed by atoms with van der Waals surface area (Å²) in [5, 5.41) is 15.5. The lowest BCUT2D eigenvalue weighted by molar-refractivity contribution is 0.157. The Balaban J connectivity index is 1.01. The third kappa shape index (κ3) is 4.95. The predicted molar refractivity (Wildman–Crippen MR) is 165 cm³/mol. The van der Waals surface area contributed by atoms with Crippen molar-refractivity contribution in [1.29, 1.82) is 0 Å². The van der Waals surface area contributed by atoms with E-state index in [0.717, 1.165) is 44.5 Å². The molecule has 3 N–H and O–H groups in total. The number of phenols is 1. The molecule has 0 saturated heterocycles. The van der Waals surface area contributed by atoms with Crippen LogP contribution in [0.25, 0.3) is 22.3 Å². The normalized spacial score (nSPS) is 12.9. The number of benzene rings is 5. The van der Waals surface area contributed by atoms with Gasteiger partial charge in [0.2, 0.25) is 0 Å². The largest absolute Gasteiger partial charge is 0.508 e. The Hall–Kier alpha value is -5.56. The van der Waals surface area contributed by atoms with Crippen molar-refractivity contribution in [2.45, 2.75) is 11.8 Å². The van der Waals surface area contributed by atoms with E-state index in [1.807, 2.05) is 60.7 Å². The molecule has 0 fully saturated rings. The number of hydrogen-bond acceptors (Lipinski definition) is 5. The third-order valence-electron chi connectivity index (χ3n) is 8.16. The number of ether oxygens (including phenoxy) is 2. The maximum absolute atomic E-state index is 12.9. The fraction of sp³-hybridized carbons (Fsp3) is 0.111. The number of anilines is 2. The molecule has 212 valence electrons. The molecule has 0 atom stereocenters. The van der Waals surface area contributed by atoms with Crippen molar-refractivity contribution in [2.24, 2.45) is 0 Å². The lowest BCUT2D eigenvalue weighted by Crippen LogP contribution is -2.21. The minimum absolute atomic E-state index is 0.0768. The van der Waals surface area contributed by atoms with E-state index >= 15 is 0 Å². The van der Waals surface area contributed by atoms with Gasteiger partial charge in [-0.15, -0.1) is 0 Å². The average Bonchev–Trinajstić information content (AvgIpc) is 3.53. The van der Waals surface area contributed by atoms with Gasteiger partial charge in [-0.05, 0) is 56.6 Å². The summed E-state index contributed by atoms with van der Waals surface area (Å²) in [6.45, 7) is 0.279. The molecule has 5 aromatic rings. The second-order valence-corrected chi connectivity index (χ2v) is 10.6. The molecule has 5 aromatic carbocycles. The molecule has 2 aliphatic rings. The first-order chi connectivity index (χ1) is 21.1. The molecule has 7 rings (SSSR count). The summed E-state index contributed by atoms with van der Waals surface area (Å²) < 4.78 is 11.3. The van der Waals surface area contributed by atoms with Gasteiger partial charge in [-0.1, -0.05) is 97.1 Å². The van der Waals surface area contributed by atoms with Gasteiger partial charge < -0.3 is 14.6 Å². The van der Waals surface area contributed by atoms with Crippen LogP contribution in [0.15, 0.2) is 115 Å². The van der Waals surface area contributed by atoms with Gasteiger partial charge in [0.25, 0.3) is 0 Å². The maximum Gasteiger partial charge on any atom is 0.411 e. The van der Waals surface area contributed by atoms with Crippen molar-refractivity contribution in [3.8, 4) is 28.0 Å². The van der Waals surface area contributed by atoms with Crippen molar-refractivity contribution in [2.75, 3.05) is 23.8 Å². The number of nitrogens with one attached hydrogen (secondary N) is 2. The molecule has 7 heteroatoms. The van der Waals surface area contributed by atoms with Crippen molar-refractivity contribution in [1.82, 2.24) is 0 Å². The zero-order valence-electron chi connectivity index (χ0n) is 23.1. The molecule has 7 nitrogen and oxygen atoms in total. The Morgan fingerprint density at radius 3 is 1.33 bits per heavy atom. The van der Waals surface area contributed by atoms with Crippen molar-refractivity contribution < 1.29 is 24.2 Å². The molecule has 2 amide bonds. The number of fused-ring (bicyclic) bond motifs is 6. The number of aromatic hydroxyl groups is 1. The highest BCUT2D eigenvalue weighted by Crippen LogP contribution is 2.45. The fourth-order valence-electron chi connectivity index (χ4n) is 6.23. The van der Waals surface area contributed by atoms with Gasteiger partial charge in [0.05, 0.1) is 11.4 Å². The highest BCUT2D eigenvalue weighted by Gasteiger charge is 2.30. The summed E-state index contributed by atoms with van der Waals surface area (Å²) in [6, 6.07) is 36.7. The van der Waals surface area contributed by atoms with Crippen LogP contribution >= 0.6 is 0 Å². The first kappa shape index (κ1) is 26.3. The van der Waals surface area contributed by atoms with Crippen LogP contribution in [0, 0.1) is 0 Å². The summed E-state index contributed by atoms with van der Waals surface area (Å²) in [4.78, 5) is 25.8. The Labute approximate surface area is 248 Å². The summed E-state index contributed by atoms with van der Waals surface area (Å²) in [6.07, 6.45) is -1.38. The summed E-state index contributed by atoms with van der Waals surface area (Å²) in [7, 11) is 0. The van der Waals surface area contributed by atoms with Gasteiger partial charge in [0.1, 0.15) is 19.0 Å². The van der Waals surface area contributed by atoms with Gasteiger partial charge in [-0.3, -0.25) is 10.6 Å². The molecule has 0 aromatic heterocycles. The van der Waals surface area contributed by atoms with Crippen molar-refractivity contribution >= 4 is 23.6 Å². The van der Waals surface area contributed by atoms with Crippen LogP contribution in [-0.4, -0.2) is 30.5 Å². The lowest BCUT2D eigenvalue weighted by atomic mass is 9.98. The first-order valence-electron chi connectivity index (χ1n) is 14.1. The molecule has 0 bridgehead atoms. The summed E-state index contributed by atoms with van der Waals surface area (Å²) >= 11 is 0. The SMILES string of the molecule is O=C(Nc1ccc(O)cc1NC(=O)OCC1c2ccccc2-c2ccccc21)OCC1c2ccccc2-c2ccccc21. The van der Waals surface area contributed by atoms with E-state index in [4.69, 9.17) is 9.47 Å². The molecule has 0 unspecified atom stereocenters. The molecular weight excluding hydrogens is 540 g/mol.